The maximum atomic E-state index is 4.99. The molecular weight excluding hydrogens is 583 g/mol. The van der Waals surface area contributed by atoms with Crippen LogP contribution in [0.1, 0.15) is 38.8 Å². The molecule has 7 aromatic rings. The Kier molecular flexibility index (Phi) is 7.14. The topological polar surface area (TPSA) is 38.7 Å². The molecule has 0 fully saturated rings. The summed E-state index contributed by atoms with van der Waals surface area (Å²) in [5.74, 6) is 1.97. The standard InChI is InChI=1S/C45H37N3/c1-44(2)39-25-14-13-24-37(39)38-27-26-33(29-40(38)45(44,3)4)36-23-12-11-22-35(36)32-20-15-21-34(28-32)43-47-41(30-16-7-5-8-17-30)46-42(48-43)31-18-9-6-10-19-31/h5-29H,1-4H3. The molecule has 3 nitrogen and oxygen atoms in total. The van der Waals surface area contributed by atoms with Crippen molar-refractivity contribution in [1.29, 1.82) is 0 Å². The highest BCUT2D eigenvalue weighted by molar-refractivity contribution is 5.88. The SMILES string of the molecule is CC1(C)c2ccccc2-c2ccc(-c3ccccc3-c3cccc(-c4nc(-c5ccccc5)nc(-c5ccccc5)n4)c3)cc2C1(C)C. The minimum Gasteiger partial charge on any atom is -0.208 e. The zero-order chi connectivity index (χ0) is 32.9. The Balaban J connectivity index is 1.25. The van der Waals surface area contributed by atoms with E-state index in [0.717, 1.165) is 22.3 Å². The second-order valence-electron chi connectivity index (χ2n) is 13.7. The molecule has 0 aliphatic heterocycles. The Labute approximate surface area is 283 Å². The summed E-state index contributed by atoms with van der Waals surface area (Å²) in [5, 5.41) is 0. The summed E-state index contributed by atoms with van der Waals surface area (Å²) < 4.78 is 0. The second-order valence-corrected chi connectivity index (χ2v) is 13.7. The van der Waals surface area contributed by atoms with Crippen LogP contribution in [0.15, 0.2) is 152 Å². The predicted molar refractivity (Wildman–Crippen MR) is 198 cm³/mol. The van der Waals surface area contributed by atoms with Gasteiger partial charge in [-0.25, -0.2) is 15.0 Å². The molecule has 1 aromatic heterocycles. The van der Waals surface area contributed by atoms with Crippen LogP contribution in [-0.2, 0) is 10.8 Å². The average Bonchev–Trinajstić information content (AvgIpc) is 3.14. The third-order valence-corrected chi connectivity index (χ3v) is 10.5. The van der Waals surface area contributed by atoms with Crippen LogP contribution in [0.3, 0.4) is 0 Å². The van der Waals surface area contributed by atoms with Gasteiger partial charge in [0.15, 0.2) is 17.5 Å². The monoisotopic (exact) mass is 619 g/mol. The first-order valence-corrected chi connectivity index (χ1v) is 16.6. The van der Waals surface area contributed by atoms with Gasteiger partial charge in [0.25, 0.3) is 0 Å². The minimum atomic E-state index is -0.0623. The van der Waals surface area contributed by atoms with Crippen LogP contribution in [-0.4, -0.2) is 15.0 Å². The van der Waals surface area contributed by atoms with E-state index in [-0.39, 0.29) is 10.8 Å². The summed E-state index contributed by atoms with van der Waals surface area (Å²) in [4.78, 5) is 14.9. The van der Waals surface area contributed by atoms with Crippen LogP contribution in [0, 0.1) is 0 Å². The Bertz CT molecular complexity index is 2230. The molecule has 0 saturated carbocycles. The number of fused-ring (bicyclic) bond motifs is 3. The Morgan fingerprint density at radius 1 is 0.312 bits per heavy atom. The summed E-state index contributed by atoms with van der Waals surface area (Å²) in [5.41, 5.74) is 13.0. The van der Waals surface area contributed by atoms with Crippen LogP contribution in [0.5, 0.6) is 0 Å². The Morgan fingerprint density at radius 2 is 0.729 bits per heavy atom. The third kappa shape index (κ3) is 4.94. The van der Waals surface area contributed by atoms with E-state index in [1.165, 1.54) is 38.9 Å². The van der Waals surface area contributed by atoms with Crippen LogP contribution in [0.4, 0.5) is 0 Å². The largest absolute Gasteiger partial charge is 0.208 e. The van der Waals surface area contributed by atoms with Crippen molar-refractivity contribution in [2.75, 3.05) is 0 Å². The smallest absolute Gasteiger partial charge is 0.164 e. The van der Waals surface area contributed by atoms with Gasteiger partial charge in [-0.3, -0.25) is 0 Å². The molecule has 0 saturated heterocycles. The molecule has 0 atom stereocenters. The number of rotatable bonds is 5. The van der Waals surface area contributed by atoms with Crippen molar-refractivity contribution >= 4 is 0 Å². The van der Waals surface area contributed by atoms with E-state index in [4.69, 9.17) is 15.0 Å². The maximum absolute atomic E-state index is 4.99. The lowest BCUT2D eigenvalue weighted by Crippen LogP contribution is -2.43. The number of benzene rings is 6. The fourth-order valence-corrected chi connectivity index (χ4v) is 7.15. The van der Waals surface area contributed by atoms with E-state index in [2.05, 4.69) is 119 Å². The Morgan fingerprint density at radius 3 is 1.33 bits per heavy atom. The molecular formula is C45H37N3. The van der Waals surface area contributed by atoms with Crippen molar-refractivity contribution in [3.63, 3.8) is 0 Å². The van der Waals surface area contributed by atoms with Crippen LogP contribution in [0.2, 0.25) is 0 Å². The first kappa shape index (κ1) is 29.7. The molecule has 0 N–H and O–H groups in total. The van der Waals surface area contributed by atoms with Gasteiger partial charge in [-0.1, -0.05) is 167 Å². The van der Waals surface area contributed by atoms with Gasteiger partial charge in [0.1, 0.15) is 0 Å². The first-order valence-electron chi connectivity index (χ1n) is 16.6. The Hall–Kier alpha value is -5.67. The van der Waals surface area contributed by atoms with Gasteiger partial charge in [0, 0.05) is 16.7 Å². The average molecular weight is 620 g/mol. The molecule has 1 aliphatic carbocycles. The van der Waals surface area contributed by atoms with Gasteiger partial charge >= 0.3 is 0 Å². The molecule has 0 unspecified atom stereocenters. The van der Waals surface area contributed by atoms with Crippen molar-refractivity contribution in [3.05, 3.63) is 163 Å². The molecule has 0 amide bonds. The fourth-order valence-electron chi connectivity index (χ4n) is 7.15. The van der Waals surface area contributed by atoms with E-state index in [1.807, 2.05) is 60.7 Å². The molecule has 48 heavy (non-hydrogen) atoms. The highest BCUT2D eigenvalue weighted by Gasteiger charge is 2.45. The summed E-state index contributed by atoms with van der Waals surface area (Å²) in [7, 11) is 0. The summed E-state index contributed by atoms with van der Waals surface area (Å²) in [6, 6.07) is 53.5. The number of hydrogen-bond acceptors (Lipinski definition) is 3. The van der Waals surface area contributed by atoms with Crippen molar-refractivity contribution in [3.8, 4) is 67.5 Å². The molecule has 3 heteroatoms. The number of hydrogen-bond donors (Lipinski definition) is 0. The lowest BCUT2D eigenvalue weighted by Gasteiger charge is -2.48. The van der Waals surface area contributed by atoms with Gasteiger partial charge in [-0.05, 0) is 67.5 Å². The lowest BCUT2D eigenvalue weighted by molar-refractivity contribution is 0.299. The van der Waals surface area contributed by atoms with E-state index in [1.54, 1.807) is 0 Å². The zero-order valence-corrected chi connectivity index (χ0v) is 27.8. The molecule has 6 aromatic carbocycles. The normalized spacial score (nSPS) is 14.2. The molecule has 232 valence electrons. The van der Waals surface area contributed by atoms with Gasteiger partial charge in [-0.2, -0.15) is 0 Å². The lowest BCUT2D eigenvalue weighted by atomic mass is 9.55. The van der Waals surface area contributed by atoms with Crippen LogP contribution in [0.25, 0.3) is 67.5 Å². The number of aromatic nitrogens is 3. The van der Waals surface area contributed by atoms with Crippen LogP contribution < -0.4 is 0 Å². The quantitative estimate of drug-likeness (QED) is 0.192. The van der Waals surface area contributed by atoms with E-state index >= 15 is 0 Å². The summed E-state index contributed by atoms with van der Waals surface area (Å²) in [6.45, 7) is 9.55. The summed E-state index contributed by atoms with van der Waals surface area (Å²) in [6.07, 6.45) is 0. The van der Waals surface area contributed by atoms with Crippen molar-refractivity contribution in [1.82, 2.24) is 15.0 Å². The summed E-state index contributed by atoms with van der Waals surface area (Å²) >= 11 is 0. The van der Waals surface area contributed by atoms with Crippen molar-refractivity contribution in [2.45, 2.75) is 38.5 Å². The second kappa shape index (κ2) is 11.5. The van der Waals surface area contributed by atoms with Crippen molar-refractivity contribution in [2.24, 2.45) is 0 Å². The van der Waals surface area contributed by atoms with E-state index < -0.39 is 0 Å². The fraction of sp³-hybridized carbons (Fsp3) is 0.133. The first-order chi connectivity index (χ1) is 23.3. The maximum Gasteiger partial charge on any atom is 0.164 e. The molecule has 1 heterocycles. The van der Waals surface area contributed by atoms with Crippen molar-refractivity contribution < 1.29 is 0 Å². The molecule has 0 bridgehead atoms. The molecule has 0 radical (unpaired) electrons. The molecule has 8 rings (SSSR count). The molecule has 1 aliphatic rings. The highest BCUT2D eigenvalue weighted by Crippen LogP contribution is 2.54. The van der Waals surface area contributed by atoms with Gasteiger partial charge < -0.3 is 0 Å². The van der Waals surface area contributed by atoms with Gasteiger partial charge in [0.2, 0.25) is 0 Å². The molecule has 0 spiro atoms. The van der Waals surface area contributed by atoms with Crippen LogP contribution >= 0.6 is 0 Å². The van der Waals surface area contributed by atoms with E-state index in [0.29, 0.717) is 17.5 Å². The van der Waals surface area contributed by atoms with Gasteiger partial charge in [-0.15, -0.1) is 0 Å². The third-order valence-electron chi connectivity index (χ3n) is 10.5. The number of nitrogens with zero attached hydrogens (tertiary/aromatic N) is 3. The van der Waals surface area contributed by atoms with E-state index in [9.17, 15) is 0 Å². The predicted octanol–water partition coefficient (Wildman–Crippen LogP) is 11.4. The van der Waals surface area contributed by atoms with Gasteiger partial charge in [0.05, 0.1) is 0 Å². The minimum absolute atomic E-state index is 0.0230. The highest BCUT2D eigenvalue weighted by atomic mass is 15.0. The zero-order valence-electron chi connectivity index (χ0n) is 27.8.